The fourth-order valence-electron chi connectivity index (χ4n) is 5.41. The Morgan fingerprint density at radius 2 is 0.545 bits per heavy atom. The Hall–Kier alpha value is 0.180. The molecular formula is C33H78N2O7P2. The van der Waals surface area contributed by atoms with Gasteiger partial charge in [-0.05, 0) is 51.4 Å². The number of rotatable bonds is 26. The first-order chi connectivity index (χ1) is 20.2. The van der Waals surface area contributed by atoms with Gasteiger partial charge in [0.1, 0.15) is 0 Å². The normalized spacial score (nSPS) is 12.1. The molecule has 0 aliphatic heterocycles. The second-order valence-electron chi connectivity index (χ2n) is 12.3. The maximum Gasteiger partial charge on any atom is 1.00 e. The van der Waals surface area contributed by atoms with Crippen LogP contribution < -0.4 is 19.6 Å². The van der Waals surface area contributed by atoms with Crippen LogP contribution in [0.25, 0.3) is 0 Å². The standard InChI is InChI=1S/2C16H36N.CH4.H4O7P2/c2*1-5-9-13-17(14-10-6-2,15-11-7-3)16-12-8-4;;1-8(2,3)7-9(4,5)6/h2*5-16H2,1-4H3;1H4;(H2,1,2,3)(H2,4,5,6)/q2*+1;;/p-2. The van der Waals surface area contributed by atoms with Gasteiger partial charge in [-0.25, -0.2) is 0 Å². The molecule has 9 nitrogen and oxygen atoms in total. The fourth-order valence-corrected chi connectivity index (χ4v) is 6.39. The first-order valence-corrected chi connectivity index (χ1v) is 20.6. The largest absolute Gasteiger partial charge is 1.00 e. The van der Waals surface area contributed by atoms with Crippen molar-refractivity contribution >= 4 is 15.6 Å². The van der Waals surface area contributed by atoms with Crippen molar-refractivity contribution in [3.05, 3.63) is 0 Å². The summed E-state index contributed by atoms with van der Waals surface area (Å²) in [7, 11) is -11.4. The SMILES string of the molecule is C.CCCC[N+](CCCC)(CCCC)CCCC.CCCC[N+](CCCC)(CCCC)CCCC.O=P([O-])([O-])OP(=O)([O-])[O-].[H+].[H+]. The second kappa shape index (κ2) is 31.8. The molecule has 11 heteroatoms. The molecule has 0 fully saturated rings. The average Bonchev–Trinajstić information content (AvgIpc) is 2.94. The molecule has 0 aliphatic carbocycles. The van der Waals surface area contributed by atoms with Gasteiger partial charge in [0, 0.05) is 0 Å². The number of unbranched alkanes of at least 4 members (excludes halogenated alkanes) is 8. The molecule has 0 aromatic rings. The molecular weight excluding hydrogens is 598 g/mol. The van der Waals surface area contributed by atoms with Crippen molar-refractivity contribution in [2.45, 2.75) is 166 Å². The Morgan fingerprint density at radius 3 is 0.614 bits per heavy atom. The van der Waals surface area contributed by atoms with E-state index >= 15 is 0 Å². The van der Waals surface area contributed by atoms with E-state index in [0.717, 1.165) is 0 Å². The zero-order valence-corrected chi connectivity index (χ0v) is 31.4. The van der Waals surface area contributed by atoms with Crippen molar-refractivity contribution < 1.29 is 44.8 Å². The van der Waals surface area contributed by atoms with Crippen LogP contribution in [-0.2, 0) is 13.4 Å². The van der Waals surface area contributed by atoms with Crippen LogP contribution in [0.4, 0.5) is 0 Å². The quantitative estimate of drug-likeness (QED) is 0.0683. The van der Waals surface area contributed by atoms with E-state index in [9.17, 15) is 28.7 Å². The summed E-state index contributed by atoms with van der Waals surface area (Å²) in [6, 6.07) is 0. The summed E-state index contributed by atoms with van der Waals surface area (Å²) in [6.07, 6.45) is 22.1. The van der Waals surface area contributed by atoms with E-state index < -0.39 is 15.6 Å². The van der Waals surface area contributed by atoms with Gasteiger partial charge >= 0.3 is 2.85 Å². The summed E-state index contributed by atoms with van der Waals surface area (Å²) in [5, 5.41) is 0. The molecule has 272 valence electrons. The van der Waals surface area contributed by atoms with E-state index in [2.05, 4.69) is 59.7 Å². The minimum Gasteiger partial charge on any atom is -0.790 e. The molecule has 0 aliphatic rings. The molecule has 0 amide bonds. The van der Waals surface area contributed by atoms with Gasteiger partial charge in [-0.15, -0.1) is 0 Å². The van der Waals surface area contributed by atoms with Crippen molar-refractivity contribution in [2.75, 3.05) is 52.4 Å². The molecule has 0 saturated carbocycles. The van der Waals surface area contributed by atoms with Crippen molar-refractivity contribution in [3.8, 4) is 0 Å². The Morgan fingerprint density at radius 1 is 0.409 bits per heavy atom. The molecule has 0 N–H and O–H groups in total. The molecule has 0 saturated heterocycles. The summed E-state index contributed by atoms with van der Waals surface area (Å²) in [5.41, 5.74) is 0. The topological polar surface area (TPSA) is 136 Å². The third-order valence-electron chi connectivity index (χ3n) is 8.09. The minimum absolute atomic E-state index is 0. The van der Waals surface area contributed by atoms with E-state index in [1.165, 1.54) is 164 Å². The number of quaternary nitrogens is 2. The van der Waals surface area contributed by atoms with E-state index in [4.69, 9.17) is 0 Å². The zero-order chi connectivity index (χ0) is 33.7. The van der Waals surface area contributed by atoms with E-state index in [1.54, 1.807) is 0 Å². The van der Waals surface area contributed by atoms with Gasteiger partial charge < -0.3 is 42.0 Å². The van der Waals surface area contributed by atoms with E-state index in [1.807, 2.05) is 0 Å². The zero-order valence-electron chi connectivity index (χ0n) is 31.6. The molecule has 44 heavy (non-hydrogen) atoms. The van der Waals surface area contributed by atoms with Gasteiger partial charge in [-0.1, -0.05) is 114 Å². The number of hydrogen-bond acceptors (Lipinski definition) is 7. The summed E-state index contributed by atoms with van der Waals surface area (Å²) >= 11 is 0. The van der Waals surface area contributed by atoms with Crippen molar-refractivity contribution in [2.24, 2.45) is 0 Å². The van der Waals surface area contributed by atoms with Crippen LogP contribution in [-0.4, -0.2) is 61.3 Å². The molecule has 0 spiro atoms. The van der Waals surface area contributed by atoms with Crippen molar-refractivity contribution in [1.29, 1.82) is 0 Å². The lowest BCUT2D eigenvalue weighted by molar-refractivity contribution is -0.929. The summed E-state index contributed by atoms with van der Waals surface area (Å²) in [6.45, 7) is 30.0. The molecule has 0 rings (SSSR count). The maximum atomic E-state index is 9.32. The molecule has 0 radical (unpaired) electrons. The third kappa shape index (κ3) is 33.5. The van der Waals surface area contributed by atoms with Crippen LogP contribution in [0.5, 0.6) is 0 Å². The van der Waals surface area contributed by atoms with E-state index in [0.29, 0.717) is 0 Å². The highest BCUT2D eigenvalue weighted by Gasteiger charge is 2.25. The highest BCUT2D eigenvalue weighted by molar-refractivity contribution is 7.57. The van der Waals surface area contributed by atoms with Gasteiger partial charge in [0.2, 0.25) is 0 Å². The summed E-state index contributed by atoms with van der Waals surface area (Å²) < 4.78 is 24.0. The van der Waals surface area contributed by atoms with Crippen molar-refractivity contribution in [1.82, 2.24) is 0 Å². The van der Waals surface area contributed by atoms with Gasteiger partial charge in [0.15, 0.2) is 0 Å². The highest BCUT2D eigenvalue weighted by atomic mass is 31.3. The van der Waals surface area contributed by atoms with Crippen LogP contribution in [0.15, 0.2) is 0 Å². The highest BCUT2D eigenvalue weighted by Crippen LogP contribution is 2.42. The lowest BCUT2D eigenvalue weighted by atomic mass is 10.1. The Balaban J connectivity index is -0.000000132. The summed E-state index contributed by atoms with van der Waals surface area (Å²) in [5.74, 6) is 0. The first-order valence-electron chi connectivity index (χ1n) is 17.6. The predicted octanol–water partition coefficient (Wildman–Crippen LogP) is 7.53. The third-order valence-corrected chi connectivity index (χ3v) is 9.69. The van der Waals surface area contributed by atoms with Crippen LogP contribution in [0.3, 0.4) is 0 Å². The second-order valence-corrected chi connectivity index (χ2v) is 14.7. The van der Waals surface area contributed by atoms with Crippen LogP contribution in [0.1, 0.15) is 168 Å². The van der Waals surface area contributed by atoms with Crippen LogP contribution >= 0.6 is 15.6 Å². The van der Waals surface area contributed by atoms with Crippen molar-refractivity contribution in [3.63, 3.8) is 0 Å². The Labute approximate surface area is 278 Å². The molecule has 0 heterocycles. The lowest BCUT2D eigenvalue weighted by Crippen LogP contribution is -2.50. The lowest BCUT2D eigenvalue weighted by Gasteiger charge is -2.39. The van der Waals surface area contributed by atoms with E-state index in [-0.39, 0.29) is 10.3 Å². The monoisotopic (exact) mass is 677 g/mol. The number of hydrogen-bond donors (Lipinski definition) is 0. The predicted molar refractivity (Wildman–Crippen MR) is 184 cm³/mol. The molecule has 0 aromatic carbocycles. The first kappa shape index (κ1) is 51.0. The summed E-state index contributed by atoms with van der Waals surface area (Å²) in [4.78, 5) is 37.3. The van der Waals surface area contributed by atoms with Gasteiger partial charge in [-0.3, -0.25) is 0 Å². The average molecular weight is 677 g/mol. The molecule has 0 unspecified atom stereocenters. The molecule has 0 bridgehead atoms. The van der Waals surface area contributed by atoms with Gasteiger partial charge in [-0.2, -0.15) is 0 Å². The smallest absolute Gasteiger partial charge is 0.790 e. The van der Waals surface area contributed by atoms with Crippen LogP contribution in [0.2, 0.25) is 0 Å². The Kier molecular flexibility index (Phi) is 36.8. The van der Waals surface area contributed by atoms with Gasteiger partial charge in [0.25, 0.3) is 0 Å². The minimum atomic E-state index is -5.68. The number of phosphoric acid groups is 2. The fraction of sp³-hybridized carbons (Fsp3) is 1.00. The maximum absolute atomic E-state index is 9.32. The number of nitrogens with zero attached hydrogens (tertiary/aromatic N) is 2. The van der Waals surface area contributed by atoms with Gasteiger partial charge in [0.05, 0.1) is 68.0 Å². The molecule has 0 aromatic heterocycles. The van der Waals surface area contributed by atoms with Crippen LogP contribution in [0, 0.1) is 0 Å². The Bertz CT molecular complexity index is 568. The molecule has 0 atom stereocenters.